The highest BCUT2D eigenvalue weighted by molar-refractivity contribution is 7.89. The first-order valence-corrected chi connectivity index (χ1v) is 10.2. The molecule has 0 aromatic heterocycles. The van der Waals surface area contributed by atoms with Crippen molar-refractivity contribution in [3.05, 3.63) is 65.2 Å². The molecule has 0 radical (unpaired) electrons. The second-order valence-electron chi connectivity index (χ2n) is 6.31. The van der Waals surface area contributed by atoms with Crippen LogP contribution in [0.15, 0.2) is 53.4 Å². The number of aryl methyl sites for hydroxylation is 2. The first-order valence-electron chi connectivity index (χ1n) is 8.71. The van der Waals surface area contributed by atoms with E-state index in [1.807, 2.05) is 19.1 Å². The van der Waals surface area contributed by atoms with E-state index in [1.165, 1.54) is 0 Å². The van der Waals surface area contributed by atoms with Crippen LogP contribution in [0.2, 0.25) is 0 Å². The van der Waals surface area contributed by atoms with Crippen LogP contribution in [0, 0.1) is 13.8 Å². The third-order valence-electron chi connectivity index (χ3n) is 4.05. The average molecular weight is 388 g/mol. The van der Waals surface area contributed by atoms with Crippen molar-refractivity contribution in [3.63, 3.8) is 0 Å². The molecule has 2 N–H and O–H groups in total. The van der Waals surface area contributed by atoms with Crippen LogP contribution in [0.5, 0.6) is 0 Å². The van der Waals surface area contributed by atoms with Crippen LogP contribution in [-0.2, 0) is 14.8 Å². The second-order valence-corrected chi connectivity index (χ2v) is 8.04. The van der Waals surface area contributed by atoms with Crippen molar-refractivity contribution in [2.75, 3.05) is 13.1 Å². The lowest BCUT2D eigenvalue weighted by Gasteiger charge is -2.10. The van der Waals surface area contributed by atoms with Gasteiger partial charge in [0.25, 0.3) is 0 Å². The fraction of sp³-hybridized carbons (Fsp3) is 0.300. The SMILES string of the molecule is Cc1ccc(C)c(S(=O)(=O)NCCNC(=O)CCC(=O)c2ccccc2)c1. The summed E-state index contributed by atoms with van der Waals surface area (Å²) in [6.07, 6.45) is 0.182. The first-order chi connectivity index (χ1) is 12.8. The Morgan fingerprint density at radius 1 is 0.926 bits per heavy atom. The first kappa shape index (κ1) is 20.8. The molecule has 2 aromatic rings. The van der Waals surface area contributed by atoms with Gasteiger partial charge in [0.15, 0.2) is 5.78 Å². The fourth-order valence-corrected chi connectivity index (χ4v) is 3.90. The summed E-state index contributed by atoms with van der Waals surface area (Å²) < 4.78 is 27.2. The molecule has 27 heavy (non-hydrogen) atoms. The van der Waals surface area contributed by atoms with Crippen molar-refractivity contribution in [2.45, 2.75) is 31.6 Å². The van der Waals surface area contributed by atoms with Gasteiger partial charge in [-0.05, 0) is 31.0 Å². The van der Waals surface area contributed by atoms with Crippen LogP contribution in [0.3, 0.4) is 0 Å². The molecular weight excluding hydrogens is 364 g/mol. The van der Waals surface area contributed by atoms with Gasteiger partial charge < -0.3 is 5.32 Å². The molecule has 1 amide bonds. The lowest BCUT2D eigenvalue weighted by Crippen LogP contribution is -2.35. The van der Waals surface area contributed by atoms with Crippen LogP contribution in [0.25, 0.3) is 0 Å². The Balaban J connectivity index is 1.75. The molecule has 2 aromatic carbocycles. The molecule has 0 aliphatic heterocycles. The Bertz CT molecular complexity index is 909. The minimum Gasteiger partial charge on any atom is -0.355 e. The summed E-state index contributed by atoms with van der Waals surface area (Å²) >= 11 is 0. The predicted molar refractivity (Wildman–Crippen MR) is 104 cm³/mol. The van der Waals surface area contributed by atoms with Crippen molar-refractivity contribution in [2.24, 2.45) is 0 Å². The fourth-order valence-electron chi connectivity index (χ4n) is 2.55. The minimum absolute atomic E-state index is 0.0669. The maximum absolute atomic E-state index is 12.4. The van der Waals surface area contributed by atoms with Gasteiger partial charge in [-0.25, -0.2) is 13.1 Å². The normalized spacial score (nSPS) is 11.2. The number of Topliss-reactive ketones (excluding diaryl/α,β-unsaturated/α-hetero) is 1. The van der Waals surface area contributed by atoms with Crippen molar-refractivity contribution < 1.29 is 18.0 Å². The van der Waals surface area contributed by atoms with Crippen LogP contribution >= 0.6 is 0 Å². The molecule has 0 unspecified atom stereocenters. The Labute approximate surface area is 160 Å². The molecule has 0 fully saturated rings. The van der Waals surface area contributed by atoms with Crippen molar-refractivity contribution in [3.8, 4) is 0 Å². The van der Waals surface area contributed by atoms with E-state index in [9.17, 15) is 18.0 Å². The highest BCUT2D eigenvalue weighted by Gasteiger charge is 2.16. The van der Waals surface area contributed by atoms with Gasteiger partial charge in [-0.2, -0.15) is 0 Å². The van der Waals surface area contributed by atoms with Gasteiger partial charge in [-0.3, -0.25) is 9.59 Å². The molecule has 0 aliphatic carbocycles. The van der Waals surface area contributed by atoms with E-state index in [-0.39, 0.29) is 42.5 Å². The van der Waals surface area contributed by atoms with E-state index >= 15 is 0 Å². The number of carbonyl (C=O) groups is 2. The van der Waals surface area contributed by atoms with E-state index in [4.69, 9.17) is 0 Å². The minimum atomic E-state index is -3.63. The molecule has 0 spiro atoms. The molecule has 0 bridgehead atoms. The summed E-state index contributed by atoms with van der Waals surface area (Å²) in [5, 5.41) is 2.62. The van der Waals surface area contributed by atoms with Gasteiger partial charge in [0.1, 0.15) is 0 Å². The Morgan fingerprint density at radius 2 is 1.63 bits per heavy atom. The maximum Gasteiger partial charge on any atom is 0.240 e. The molecule has 0 saturated carbocycles. The summed E-state index contributed by atoms with van der Waals surface area (Å²) in [5.74, 6) is -0.383. The number of ketones is 1. The lowest BCUT2D eigenvalue weighted by atomic mass is 10.1. The number of hydrogen-bond acceptors (Lipinski definition) is 4. The zero-order valence-electron chi connectivity index (χ0n) is 15.5. The summed E-state index contributed by atoms with van der Waals surface area (Å²) in [6, 6.07) is 14.0. The number of carbonyl (C=O) groups excluding carboxylic acids is 2. The molecule has 0 aliphatic rings. The van der Waals surface area contributed by atoms with E-state index in [0.717, 1.165) is 5.56 Å². The van der Waals surface area contributed by atoms with E-state index < -0.39 is 10.0 Å². The van der Waals surface area contributed by atoms with Gasteiger partial charge in [-0.1, -0.05) is 42.5 Å². The van der Waals surface area contributed by atoms with E-state index in [2.05, 4.69) is 10.0 Å². The average Bonchev–Trinajstić information content (AvgIpc) is 2.66. The predicted octanol–water partition coefficient (Wildman–Crippen LogP) is 2.36. The van der Waals surface area contributed by atoms with Gasteiger partial charge in [-0.15, -0.1) is 0 Å². The highest BCUT2D eigenvalue weighted by atomic mass is 32.2. The molecule has 144 valence electrons. The molecule has 7 heteroatoms. The number of benzene rings is 2. The zero-order valence-corrected chi connectivity index (χ0v) is 16.3. The summed E-state index contributed by atoms with van der Waals surface area (Å²) in [5.41, 5.74) is 2.10. The molecule has 0 atom stereocenters. The molecule has 0 heterocycles. The number of amides is 1. The Kier molecular flexibility index (Phi) is 7.27. The van der Waals surface area contributed by atoms with Gasteiger partial charge in [0.05, 0.1) is 4.90 Å². The highest BCUT2D eigenvalue weighted by Crippen LogP contribution is 2.16. The van der Waals surface area contributed by atoms with Gasteiger partial charge >= 0.3 is 0 Å². The molecule has 2 rings (SSSR count). The third kappa shape index (κ3) is 6.30. The molecular formula is C20H24N2O4S. The Hall–Kier alpha value is -2.51. The summed E-state index contributed by atoms with van der Waals surface area (Å²) in [6.45, 7) is 3.80. The summed E-state index contributed by atoms with van der Waals surface area (Å²) in [4.78, 5) is 24.0. The smallest absolute Gasteiger partial charge is 0.240 e. The van der Waals surface area contributed by atoms with Crippen LogP contribution in [0.4, 0.5) is 0 Å². The summed E-state index contributed by atoms with van der Waals surface area (Å²) in [7, 11) is -3.63. The van der Waals surface area contributed by atoms with Crippen molar-refractivity contribution in [1.29, 1.82) is 0 Å². The number of sulfonamides is 1. The molecule has 0 saturated heterocycles. The number of hydrogen-bond donors (Lipinski definition) is 2. The van der Waals surface area contributed by atoms with Gasteiger partial charge in [0.2, 0.25) is 15.9 Å². The van der Waals surface area contributed by atoms with Gasteiger partial charge in [0, 0.05) is 31.5 Å². The largest absolute Gasteiger partial charge is 0.355 e. The quantitative estimate of drug-likeness (QED) is 0.509. The van der Waals surface area contributed by atoms with Crippen molar-refractivity contribution in [1.82, 2.24) is 10.0 Å². The van der Waals surface area contributed by atoms with Crippen LogP contribution in [-0.4, -0.2) is 33.2 Å². The van der Waals surface area contributed by atoms with Crippen LogP contribution in [0.1, 0.15) is 34.3 Å². The van der Waals surface area contributed by atoms with E-state index in [1.54, 1.807) is 43.3 Å². The second kappa shape index (κ2) is 9.43. The number of nitrogens with one attached hydrogen (secondary N) is 2. The maximum atomic E-state index is 12.4. The number of rotatable bonds is 9. The van der Waals surface area contributed by atoms with E-state index in [0.29, 0.717) is 11.1 Å². The van der Waals surface area contributed by atoms with Crippen LogP contribution < -0.4 is 10.0 Å². The molecule has 6 nitrogen and oxygen atoms in total. The standard InChI is InChI=1S/C20H24N2O4S/c1-15-8-9-16(2)19(14-15)27(25,26)22-13-12-21-20(24)11-10-18(23)17-6-4-3-5-7-17/h3-9,14,22H,10-13H2,1-2H3,(H,21,24). The lowest BCUT2D eigenvalue weighted by molar-refractivity contribution is -0.121. The monoisotopic (exact) mass is 388 g/mol. The Morgan fingerprint density at radius 3 is 2.33 bits per heavy atom. The van der Waals surface area contributed by atoms with Crippen molar-refractivity contribution >= 4 is 21.7 Å². The zero-order chi connectivity index (χ0) is 19.9. The third-order valence-corrected chi connectivity index (χ3v) is 5.65. The topological polar surface area (TPSA) is 92.3 Å².